The van der Waals surface area contributed by atoms with Gasteiger partial charge in [-0.3, -0.25) is 24.1 Å². The van der Waals surface area contributed by atoms with Crippen LogP contribution in [-0.2, 0) is 14.3 Å². The van der Waals surface area contributed by atoms with Gasteiger partial charge in [-0.05, 0) is 24.0 Å². The van der Waals surface area contributed by atoms with Crippen LogP contribution in [0.1, 0.15) is 54.8 Å². The number of fused-ring (bicyclic) bond motifs is 1. The molecular formula is C21H28N2O5. The second-order valence-electron chi connectivity index (χ2n) is 7.80. The summed E-state index contributed by atoms with van der Waals surface area (Å²) >= 11 is 0. The molecule has 0 bridgehead atoms. The van der Waals surface area contributed by atoms with E-state index in [1.54, 1.807) is 29.2 Å². The van der Waals surface area contributed by atoms with Crippen LogP contribution in [0.3, 0.4) is 0 Å². The van der Waals surface area contributed by atoms with Crippen molar-refractivity contribution in [2.24, 2.45) is 11.8 Å². The molecular weight excluding hydrogens is 360 g/mol. The molecule has 0 atom stereocenters. The topological polar surface area (TPSA) is 84.0 Å². The number of amides is 3. The molecule has 1 heterocycles. The van der Waals surface area contributed by atoms with Gasteiger partial charge in [-0.15, -0.1) is 0 Å². The molecule has 28 heavy (non-hydrogen) atoms. The zero-order valence-electron chi connectivity index (χ0n) is 16.9. The molecule has 152 valence electrons. The molecule has 3 amide bonds. The predicted octanol–water partition coefficient (Wildman–Crippen LogP) is 2.36. The molecule has 0 spiro atoms. The van der Waals surface area contributed by atoms with Crippen molar-refractivity contribution in [1.29, 1.82) is 0 Å². The van der Waals surface area contributed by atoms with E-state index in [4.69, 9.17) is 4.74 Å². The molecule has 0 aromatic heterocycles. The van der Waals surface area contributed by atoms with Crippen molar-refractivity contribution in [3.05, 3.63) is 35.4 Å². The summed E-state index contributed by atoms with van der Waals surface area (Å²) < 4.78 is 5.08. The van der Waals surface area contributed by atoms with E-state index in [0.29, 0.717) is 36.1 Å². The van der Waals surface area contributed by atoms with Crippen molar-refractivity contribution >= 4 is 23.7 Å². The first kappa shape index (κ1) is 21.6. The zero-order chi connectivity index (χ0) is 20.8. The van der Waals surface area contributed by atoms with E-state index in [-0.39, 0.29) is 25.5 Å². The SMILES string of the molecule is CC(C)CN(CC(C)C)C(=O)COC(=O)CCN1C(=O)c2ccccc2C1=O. The first-order valence-electron chi connectivity index (χ1n) is 9.59. The third-order valence-electron chi connectivity index (χ3n) is 4.30. The molecule has 7 heteroatoms. The Balaban J connectivity index is 1.83. The number of carbonyl (C=O) groups is 4. The third kappa shape index (κ3) is 5.41. The quantitative estimate of drug-likeness (QED) is 0.479. The lowest BCUT2D eigenvalue weighted by molar-refractivity contribution is -0.152. The van der Waals surface area contributed by atoms with Gasteiger partial charge >= 0.3 is 5.97 Å². The minimum absolute atomic E-state index is 0.0684. The molecule has 1 aliphatic heterocycles. The van der Waals surface area contributed by atoms with E-state index in [0.717, 1.165) is 4.90 Å². The van der Waals surface area contributed by atoms with Crippen molar-refractivity contribution < 1.29 is 23.9 Å². The molecule has 1 aromatic rings. The van der Waals surface area contributed by atoms with E-state index in [1.807, 2.05) is 27.7 Å². The Bertz CT molecular complexity index is 712. The second kappa shape index (κ2) is 9.48. The van der Waals surface area contributed by atoms with Crippen LogP contribution in [0, 0.1) is 11.8 Å². The van der Waals surface area contributed by atoms with Crippen LogP contribution >= 0.6 is 0 Å². The van der Waals surface area contributed by atoms with Gasteiger partial charge < -0.3 is 9.64 Å². The van der Waals surface area contributed by atoms with Crippen LogP contribution in [0.5, 0.6) is 0 Å². The standard InChI is InChI=1S/C21H28N2O5/c1-14(2)11-22(12-15(3)4)18(24)13-28-19(25)9-10-23-20(26)16-7-5-6-8-17(16)21(23)27/h5-8,14-15H,9-13H2,1-4H3. The normalized spacial score (nSPS) is 13.3. The average Bonchev–Trinajstić information content (AvgIpc) is 2.87. The summed E-state index contributed by atoms with van der Waals surface area (Å²) in [6.07, 6.45) is -0.146. The van der Waals surface area contributed by atoms with Gasteiger partial charge in [-0.1, -0.05) is 39.8 Å². The number of carbonyl (C=O) groups excluding carboxylic acids is 4. The smallest absolute Gasteiger partial charge is 0.308 e. The summed E-state index contributed by atoms with van der Waals surface area (Å²) in [6.45, 7) is 8.89. The molecule has 1 aliphatic rings. The van der Waals surface area contributed by atoms with Crippen molar-refractivity contribution in [2.75, 3.05) is 26.2 Å². The first-order chi connectivity index (χ1) is 13.2. The Hall–Kier alpha value is -2.70. The number of benzene rings is 1. The number of hydrogen-bond donors (Lipinski definition) is 0. The van der Waals surface area contributed by atoms with Crippen LogP contribution in [0.4, 0.5) is 0 Å². The molecule has 0 unspecified atom stereocenters. The number of imide groups is 1. The fourth-order valence-electron chi connectivity index (χ4n) is 3.11. The second-order valence-corrected chi connectivity index (χ2v) is 7.80. The maximum absolute atomic E-state index is 12.4. The minimum atomic E-state index is -0.612. The molecule has 7 nitrogen and oxygen atoms in total. The van der Waals surface area contributed by atoms with Gasteiger partial charge in [0.25, 0.3) is 17.7 Å². The van der Waals surface area contributed by atoms with Crippen LogP contribution in [0.2, 0.25) is 0 Å². The largest absolute Gasteiger partial charge is 0.456 e. The van der Waals surface area contributed by atoms with Gasteiger partial charge in [0.1, 0.15) is 0 Å². The van der Waals surface area contributed by atoms with Gasteiger partial charge in [0, 0.05) is 19.6 Å². The summed E-state index contributed by atoms with van der Waals surface area (Å²) in [7, 11) is 0. The molecule has 2 rings (SSSR count). The number of esters is 1. The molecule has 0 radical (unpaired) electrons. The van der Waals surface area contributed by atoms with E-state index in [1.165, 1.54) is 0 Å². The van der Waals surface area contributed by atoms with Crippen molar-refractivity contribution in [1.82, 2.24) is 9.80 Å². The lowest BCUT2D eigenvalue weighted by Crippen LogP contribution is -2.39. The molecule has 0 N–H and O–H groups in total. The van der Waals surface area contributed by atoms with E-state index >= 15 is 0 Å². The first-order valence-corrected chi connectivity index (χ1v) is 9.59. The van der Waals surface area contributed by atoms with E-state index in [9.17, 15) is 19.2 Å². The van der Waals surface area contributed by atoms with Gasteiger partial charge in [-0.25, -0.2) is 0 Å². The lowest BCUT2D eigenvalue weighted by Gasteiger charge is -2.26. The summed E-state index contributed by atoms with van der Waals surface area (Å²) in [4.78, 5) is 51.7. The summed E-state index contributed by atoms with van der Waals surface area (Å²) in [5.41, 5.74) is 0.683. The maximum atomic E-state index is 12.4. The summed E-state index contributed by atoms with van der Waals surface area (Å²) in [5.74, 6) is -1.05. The highest BCUT2D eigenvalue weighted by atomic mass is 16.5. The summed E-state index contributed by atoms with van der Waals surface area (Å²) in [5, 5.41) is 0. The van der Waals surface area contributed by atoms with Crippen LogP contribution in [-0.4, -0.2) is 59.7 Å². The molecule has 0 aliphatic carbocycles. The monoisotopic (exact) mass is 388 g/mol. The van der Waals surface area contributed by atoms with Gasteiger partial charge in [0.15, 0.2) is 6.61 Å². The Morgan fingerprint density at radius 2 is 1.46 bits per heavy atom. The highest BCUT2D eigenvalue weighted by Gasteiger charge is 2.35. The Labute approximate surface area is 165 Å². The highest BCUT2D eigenvalue weighted by Crippen LogP contribution is 2.22. The highest BCUT2D eigenvalue weighted by molar-refractivity contribution is 6.21. The predicted molar refractivity (Wildman–Crippen MR) is 104 cm³/mol. The Morgan fingerprint density at radius 3 is 1.93 bits per heavy atom. The van der Waals surface area contributed by atoms with E-state index < -0.39 is 17.8 Å². The van der Waals surface area contributed by atoms with Crippen LogP contribution in [0.25, 0.3) is 0 Å². The Kier molecular flexibility index (Phi) is 7.31. The number of nitrogens with zero attached hydrogens (tertiary/aromatic N) is 2. The zero-order valence-corrected chi connectivity index (χ0v) is 16.9. The summed E-state index contributed by atoms with van der Waals surface area (Å²) in [6, 6.07) is 6.55. The van der Waals surface area contributed by atoms with E-state index in [2.05, 4.69) is 0 Å². The van der Waals surface area contributed by atoms with Crippen LogP contribution in [0.15, 0.2) is 24.3 Å². The molecule has 0 fully saturated rings. The molecule has 1 aromatic carbocycles. The molecule has 0 saturated carbocycles. The molecule has 0 saturated heterocycles. The number of hydrogen-bond acceptors (Lipinski definition) is 5. The van der Waals surface area contributed by atoms with Crippen molar-refractivity contribution in [2.45, 2.75) is 34.1 Å². The Morgan fingerprint density at radius 1 is 0.964 bits per heavy atom. The number of rotatable bonds is 9. The maximum Gasteiger partial charge on any atom is 0.308 e. The lowest BCUT2D eigenvalue weighted by atomic mass is 10.1. The minimum Gasteiger partial charge on any atom is -0.456 e. The van der Waals surface area contributed by atoms with Crippen molar-refractivity contribution in [3.8, 4) is 0 Å². The van der Waals surface area contributed by atoms with Gasteiger partial charge in [0.2, 0.25) is 0 Å². The van der Waals surface area contributed by atoms with Gasteiger partial charge in [-0.2, -0.15) is 0 Å². The average molecular weight is 388 g/mol. The van der Waals surface area contributed by atoms with Crippen LogP contribution < -0.4 is 0 Å². The van der Waals surface area contributed by atoms with Gasteiger partial charge in [0.05, 0.1) is 17.5 Å². The van der Waals surface area contributed by atoms with Crippen molar-refractivity contribution in [3.63, 3.8) is 0 Å². The fourth-order valence-corrected chi connectivity index (χ4v) is 3.11. The fraction of sp³-hybridized carbons (Fsp3) is 0.524. The third-order valence-corrected chi connectivity index (χ3v) is 4.30. The number of ether oxygens (including phenoxy) is 1.